The number of halogens is 1. The molecule has 2 nitrogen and oxygen atoms in total. The molecule has 160 valence electrons. The van der Waals surface area contributed by atoms with Crippen LogP contribution in [0.3, 0.4) is 0 Å². The van der Waals surface area contributed by atoms with Gasteiger partial charge >= 0.3 is 0 Å². The van der Waals surface area contributed by atoms with E-state index in [0.717, 1.165) is 42.9 Å². The molecule has 4 aliphatic carbocycles. The van der Waals surface area contributed by atoms with Crippen LogP contribution in [-0.2, 0) is 4.79 Å². The molecular weight excluding hydrogens is 351 g/mol. The summed E-state index contributed by atoms with van der Waals surface area (Å²) in [4.78, 5) is 11.5. The maximum atomic E-state index is 12.6. The summed E-state index contributed by atoms with van der Waals surface area (Å²) in [7, 11) is 0. The Hall–Kier alpha value is -0.440. The Morgan fingerprint density at radius 1 is 1.04 bits per heavy atom. The fourth-order valence-corrected chi connectivity index (χ4v) is 8.87. The maximum absolute atomic E-state index is 12.6. The molecule has 0 unspecified atom stereocenters. The molecule has 4 aliphatic rings. The molecule has 0 spiro atoms. The number of hydrogen-bond donors (Lipinski definition) is 1. The number of rotatable bonds is 5. The van der Waals surface area contributed by atoms with Crippen molar-refractivity contribution in [3.8, 4) is 0 Å². The lowest BCUT2D eigenvalue weighted by Crippen LogP contribution is -2.54. The van der Waals surface area contributed by atoms with E-state index in [-0.39, 0.29) is 11.9 Å². The van der Waals surface area contributed by atoms with Crippen molar-refractivity contribution in [1.29, 1.82) is 0 Å². The van der Waals surface area contributed by atoms with Gasteiger partial charge in [0.1, 0.15) is 6.67 Å². The van der Waals surface area contributed by atoms with Gasteiger partial charge in [0, 0.05) is 6.42 Å². The molecular formula is C25H41FO2. The SMILES string of the molecule is C[C@H](CCC(=O)CF)[C@H]1CC[C@H]2[C@@H]3CC[C@@H]4C[C@H](O)CC[C@]4(C)[C@H]3CC[C@]12C. The fourth-order valence-electron chi connectivity index (χ4n) is 8.87. The Morgan fingerprint density at radius 3 is 2.50 bits per heavy atom. The Morgan fingerprint density at radius 2 is 1.75 bits per heavy atom. The summed E-state index contributed by atoms with van der Waals surface area (Å²) in [6, 6.07) is 0. The zero-order valence-electron chi connectivity index (χ0n) is 18.3. The summed E-state index contributed by atoms with van der Waals surface area (Å²) in [6.07, 6.45) is 12.5. The molecule has 0 bridgehead atoms. The molecule has 0 aromatic heterocycles. The maximum Gasteiger partial charge on any atom is 0.163 e. The van der Waals surface area contributed by atoms with Gasteiger partial charge in [-0.25, -0.2) is 4.39 Å². The molecule has 3 heteroatoms. The third-order valence-electron chi connectivity index (χ3n) is 10.4. The van der Waals surface area contributed by atoms with Crippen LogP contribution in [0.1, 0.15) is 91.4 Å². The highest BCUT2D eigenvalue weighted by molar-refractivity contribution is 5.79. The number of alkyl halides is 1. The molecule has 0 aromatic carbocycles. The highest BCUT2D eigenvalue weighted by Gasteiger charge is 2.60. The van der Waals surface area contributed by atoms with E-state index < -0.39 is 6.67 Å². The van der Waals surface area contributed by atoms with Gasteiger partial charge in [0.2, 0.25) is 0 Å². The number of carbonyl (C=O) groups is 1. The van der Waals surface area contributed by atoms with Crippen molar-refractivity contribution in [1.82, 2.24) is 0 Å². The monoisotopic (exact) mass is 392 g/mol. The first-order chi connectivity index (χ1) is 13.3. The van der Waals surface area contributed by atoms with E-state index in [2.05, 4.69) is 20.8 Å². The van der Waals surface area contributed by atoms with Crippen molar-refractivity contribution in [2.75, 3.05) is 6.67 Å². The minimum Gasteiger partial charge on any atom is -0.393 e. The number of Topliss-reactive ketones (excluding diaryl/α,β-unsaturated/α-hetero) is 1. The highest BCUT2D eigenvalue weighted by atomic mass is 19.1. The van der Waals surface area contributed by atoms with Crippen LogP contribution < -0.4 is 0 Å². The molecule has 0 amide bonds. The Kier molecular flexibility index (Phi) is 5.70. The summed E-state index contributed by atoms with van der Waals surface area (Å²) in [5, 5.41) is 10.2. The zero-order valence-corrected chi connectivity index (χ0v) is 18.3. The van der Waals surface area contributed by atoms with Crippen LogP contribution in [0.2, 0.25) is 0 Å². The predicted molar refractivity (Wildman–Crippen MR) is 111 cm³/mol. The Labute approximate surface area is 171 Å². The second-order valence-corrected chi connectivity index (χ2v) is 11.5. The number of ketones is 1. The van der Waals surface area contributed by atoms with E-state index in [0.29, 0.717) is 29.1 Å². The van der Waals surface area contributed by atoms with E-state index >= 15 is 0 Å². The lowest BCUT2D eigenvalue weighted by Gasteiger charge is -2.61. The van der Waals surface area contributed by atoms with Gasteiger partial charge in [0.15, 0.2) is 5.78 Å². The van der Waals surface area contributed by atoms with Gasteiger partial charge in [-0.1, -0.05) is 20.8 Å². The van der Waals surface area contributed by atoms with E-state index in [1.165, 1.54) is 44.9 Å². The molecule has 0 heterocycles. The topological polar surface area (TPSA) is 37.3 Å². The summed E-state index contributed by atoms with van der Waals surface area (Å²) < 4.78 is 12.6. The number of aliphatic hydroxyl groups is 1. The highest BCUT2D eigenvalue weighted by Crippen LogP contribution is 2.68. The summed E-state index contributed by atoms with van der Waals surface area (Å²) in [5.41, 5.74) is 0.859. The average molecular weight is 393 g/mol. The molecule has 4 rings (SSSR count). The molecule has 0 aliphatic heterocycles. The third-order valence-corrected chi connectivity index (χ3v) is 10.4. The molecule has 1 N–H and O–H groups in total. The molecule has 4 fully saturated rings. The number of aliphatic hydroxyl groups excluding tert-OH is 1. The second-order valence-electron chi connectivity index (χ2n) is 11.5. The van der Waals surface area contributed by atoms with E-state index in [9.17, 15) is 14.3 Å². The molecule has 0 saturated heterocycles. The predicted octanol–water partition coefficient (Wildman–Crippen LogP) is 5.96. The Balaban J connectivity index is 1.48. The molecule has 9 atom stereocenters. The first-order valence-electron chi connectivity index (χ1n) is 12.1. The van der Waals surface area contributed by atoms with Crippen LogP contribution in [0.25, 0.3) is 0 Å². The van der Waals surface area contributed by atoms with Crippen molar-refractivity contribution >= 4 is 5.78 Å². The lowest BCUT2D eigenvalue weighted by molar-refractivity contribution is -0.129. The van der Waals surface area contributed by atoms with E-state index in [1.807, 2.05) is 0 Å². The fraction of sp³-hybridized carbons (Fsp3) is 0.960. The number of hydrogen-bond acceptors (Lipinski definition) is 2. The summed E-state index contributed by atoms with van der Waals surface area (Å²) in [6.45, 7) is 6.63. The second kappa shape index (κ2) is 7.67. The van der Waals surface area contributed by atoms with Crippen LogP contribution in [0.5, 0.6) is 0 Å². The summed E-state index contributed by atoms with van der Waals surface area (Å²) in [5.74, 6) is 4.27. The van der Waals surface area contributed by atoms with Gasteiger partial charge in [-0.05, 0) is 111 Å². The zero-order chi connectivity index (χ0) is 20.1. The van der Waals surface area contributed by atoms with Crippen molar-refractivity contribution in [2.45, 2.75) is 97.5 Å². The quantitative estimate of drug-likeness (QED) is 0.626. The number of carbonyl (C=O) groups excluding carboxylic acids is 1. The van der Waals surface area contributed by atoms with Crippen molar-refractivity contribution < 1.29 is 14.3 Å². The van der Waals surface area contributed by atoms with Crippen LogP contribution in [0.15, 0.2) is 0 Å². The molecule has 28 heavy (non-hydrogen) atoms. The van der Waals surface area contributed by atoms with Gasteiger partial charge in [-0.3, -0.25) is 4.79 Å². The third kappa shape index (κ3) is 3.28. The molecule has 0 aromatic rings. The van der Waals surface area contributed by atoms with Crippen molar-refractivity contribution in [3.63, 3.8) is 0 Å². The van der Waals surface area contributed by atoms with E-state index in [1.54, 1.807) is 0 Å². The van der Waals surface area contributed by atoms with Gasteiger partial charge in [0.25, 0.3) is 0 Å². The summed E-state index contributed by atoms with van der Waals surface area (Å²) >= 11 is 0. The van der Waals surface area contributed by atoms with Crippen molar-refractivity contribution in [3.05, 3.63) is 0 Å². The van der Waals surface area contributed by atoms with Crippen molar-refractivity contribution in [2.24, 2.45) is 46.3 Å². The normalized spacial score (nSPS) is 49.0. The molecule has 0 radical (unpaired) electrons. The van der Waals surface area contributed by atoms with Gasteiger partial charge in [0.05, 0.1) is 6.10 Å². The van der Waals surface area contributed by atoms with Gasteiger partial charge in [-0.15, -0.1) is 0 Å². The smallest absolute Gasteiger partial charge is 0.163 e. The lowest BCUT2D eigenvalue weighted by atomic mass is 9.44. The standard InChI is InChI=1S/C25H41FO2/c1-16(4-6-19(28)15-26)21-8-9-22-20-7-5-17-14-18(27)10-12-24(17,2)23(20)11-13-25(21,22)3/h16-18,20-23,27H,4-15H2,1-3H3/t16-,17-,18-,20+,21-,22+,23+,24+,25-/m1/s1. The minimum atomic E-state index is -0.796. The molecule has 4 saturated carbocycles. The first kappa shape index (κ1) is 20.8. The van der Waals surface area contributed by atoms with Gasteiger partial charge in [-0.2, -0.15) is 0 Å². The van der Waals surface area contributed by atoms with Crippen LogP contribution in [0.4, 0.5) is 4.39 Å². The minimum absolute atomic E-state index is 0.0628. The van der Waals surface area contributed by atoms with Crippen LogP contribution in [0, 0.1) is 46.3 Å². The van der Waals surface area contributed by atoms with Gasteiger partial charge < -0.3 is 5.11 Å². The first-order valence-corrected chi connectivity index (χ1v) is 12.1. The van der Waals surface area contributed by atoms with E-state index in [4.69, 9.17) is 0 Å². The average Bonchev–Trinajstić information content (AvgIpc) is 3.03. The Bertz CT molecular complexity index is 591. The largest absolute Gasteiger partial charge is 0.393 e. The number of fused-ring (bicyclic) bond motifs is 5. The van der Waals surface area contributed by atoms with Crippen LogP contribution in [-0.4, -0.2) is 23.7 Å². The van der Waals surface area contributed by atoms with Crippen LogP contribution >= 0.6 is 0 Å².